The molecule has 2 amide bonds. The first-order valence-corrected chi connectivity index (χ1v) is 12.5. The smallest absolute Gasteiger partial charge is 0.251 e. The molecule has 0 saturated heterocycles. The number of phenolic OH excluding ortho intramolecular Hbond substituents is 1. The van der Waals surface area contributed by atoms with Crippen molar-refractivity contribution in [1.82, 2.24) is 20.1 Å². The van der Waals surface area contributed by atoms with E-state index >= 15 is 0 Å². The molecule has 0 saturated carbocycles. The molecule has 4 N–H and O–H groups in total. The van der Waals surface area contributed by atoms with Crippen molar-refractivity contribution < 1.29 is 27.9 Å². The number of pyridine rings is 1. The summed E-state index contributed by atoms with van der Waals surface area (Å²) >= 11 is 0. The number of hydrogen-bond donors (Lipinski definition) is 3. The molecule has 2 heterocycles. The molecule has 5 rings (SSSR count). The molecule has 0 aliphatic carbocycles. The first-order chi connectivity index (χ1) is 19.6. The van der Waals surface area contributed by atoms with Crippen molar-refractivity contribution in [3.63, 3.8) is 0 Å². The molecule has 0 radical (unpaired) electrons. The number of carbonyl (C=O) groups excluding carboxylic acids is 2. The summed E-state index contributed by atoms with van der Waals surface area (Å²) in [7, 11) is 0. The molecule has 0 aliphatic heterocycles. The quantitative estimate of drug-likeness (QED) is 0.254. The normalized spacial score (nSPS) is 11.9. The molecule has 3 aromatic carbocycles. The molecular weight excluding hydrogens is 535 g/mol. The number of benzene rings is 3. The summed E-state index contributed by atoms with van der Waals surface area (Å²) in [6, 6.07) is 14.0. The number of rotatable bonds is 8. The summed E-state index contributed by atoms with van der Waals surface area (Å²) in [6.07, 6.45) is 1.43. The summed E-state index contributed by atoms with van der Waals surface area (Å²) < 4.78 is 43.8. The molecule has 208 valence electrons. The Morgan fingerprint density at radius 2 is 1.78 bits per heavy atom. The standard InChI is InChI=1S/C30H24F3N5O3/c1-16-22-6-5-21(39)14-27(22)38(37-16)15-28(40)36-26(11-17-9-19(31)13-20(32)10-17)29-23(3-2-8-35-29)18-4-7-25(33)24(12-18)30(34)41/h2-10,12-14,26,39H,11,15H2,1H3,(H2,34,41)(H,36,40)/t26-/m0/s1. The first-order valence-electron chi connectivity index (χ1n) is 12.5. The zero-order chi connectivity index (χ0) is 29.3. The lowest BCUT2D eigenvalue weighted by molar-refractivity contribution is -0.122. The Balaban J connectivity index is 1.54. The molecule has 8 nitrogen and oxygen atoms in total. The number of carbonyl (C=O) groups is 2. The highest BCUT2D eigenvalue weighted by atomic mass is 19.1. The fraction of sp³-hybridized carbons (Fsp3) is 0.133. The van der Waals surface area contributed by atoms with Crippen molar-refractivity contribution in [2.75, 3.05) is 0 Å². The molecule has 0 fully saturated rings. The minimum atomic E-state index is -0.956. The van der Waals surface area contributed by atoms with Gasteiger partial charge >= 0.3 is 0 Å². The third-order valence-electron chi connectivity index (χ3n) is 6.62. The minimum Gasteiger partial charge on any atom is -0.508 e. The van der Waals surface area contributed by atoms with Crippen LogP contribution in [0, 0.1) is 24.4 Å². The summed E-state index contributed by atoms with van der Waals surface area (Å²) in [5.41, 5.74) is 7.63. The van der Waals surface area contributed by atoms with Gasteiger partial charge in [0.05, 0.1) is 28.5 Å². The third-order valence-corrected chi connectivity index (χ3v) is 6.62. The van der Waals surface area contributed by atoms with Crippen LogP contribution in [0.1, 0.15) is 33.4 Å². The second-order valence-electron chi connectivity index (χ2n) is 9.54. The number of nitrogens with zero attached hydrogens (tertiary/aromatic N) is 3. The van der Waals surface area contributed by atoms with Crippen LogP contribution in [0.5, 0.6) is 5.75 Å². The topological polar surface area (TPSA) is 123 Å². The van der Waals surface area contributed by atoms with Gasteiger partial charge in [0.2, 0.25) is 5.91 Å². The van der Waals surface area contributed by atoms with E-state index in [2.05, 4.69) is 15.4 Å². The Labute approximate surface area is 232 Å². The number of aromatic nitrogens is 3. The van der Waals surface area contributed by atoms with E-state index in [9.17, 15) is 27.9 Å². The van der Waals surface area contributed by atoms with Gasteiger partial charge in [-0.25, -0.2) is 13.2 Å². The van der Waals surface area contributed by atoms with Gasteiger partial charge in [0.25, 0.3) is 5.91 Å². The van der Waals surface area contributed by atoms with E-state index in [1.807, 2.05) is 0 Å². The number of nitrogens with two attached hydrogens (primary N) is 1. The van der Waals surface area contributed by atoms with Gasteiger partial charge in [-0.1, -0.05) is 12.1 Å². The monoisotopic (exact) mass is 559 g/mol. The number of halogens is 3. The number of hydrogen-bond acceptors (Lipinski definition) is 5. The Morgan fingerprint density at radius 3 is 2.51 bits per heavy atom. The van der Waals surface area contributed by atoms with Crippen molar-refractivity contribution in [2.45, 2.75) is 25.9 Å². The predicted octanol–water partition coefficient (Wildman–Crippen LogP) is 4.73. The van der Waals surface area contributed by atoms with Crippen molar-refractivity contribution in [2.24, 2.45) is 5.73 Å². The maximum atomic E-state index is 14.2. The van der Waals surface area contributed by atoms with Crippen LogP contribution in [0.15, 0.2) is 72.9 Å². The summed E-state index contributed by atoms with van der Waals surface area (Å²) in [5, 5.41) is 18.0. The SMILES string of the molecule is Cc1nn(CC(=O)N[C@@H](Cc2cc(F)cc(F)c2)c2ncccc2-c2ccc(F)c(C(N)=O)c2)c2cc(O)ccc12. The Bertz CT molecular complexity index is 1780. The molecule has 41 heavy (non-hydrogen) atoms. The molecule has 5 aromatic rings. The number of fused-ring (bicyclic) bond motifs is 1. The van der Waals surface area contributed by atoms with Gasteiger partial charge in [-0.15, -0.1) is 0 Å². The maximum Gasteiger partial charge on any atom is 0.251 e. The lowest BCUT2D eigenvalue weighted by atomic mass is 9.94. The van der Waals surface area contributed by atoms with Crippen LogP contribution in [0.4, 0.5) is 13.2 Å². The number of aryl methyl sites for hydroxylation is 1. The van der Waals surface area contributed by atoms with Gasteiger partial charge in [0.15, 0.2) is 0 Å². The zero-order valence-electron chi connectivity index (χ0n) is 21.7. The van der Waals surface area contributed by atoms with Gasteiger partial charge in [0, 0.05) is 29.3 Å². The van der Waals surface area contributed by atoms with Crippen LogP contribution >= 0.6 is 0 Å². The van der Waals surface area contributed by atoms with E-state index in [0.29, 0.717) is 28.0 Å². The summed E-state index contributed by atoms with van der Waals surface area (Å²) in [4.78, 5) is 29.6. The van der Waals surface area contributed by atoms with Gasteiger partial charge in [-0.2, -0.15) is 5.10 Å². The van der Waals surface area contributed by atoms with Crippen LogP contribution in [0.3, 0.4) is 0 Å². The molecule has 1 atom stereocenters. The molecule has 0 bridgehead atoms. The fourth-order valence-electron chi connectivity index (χ4n) is 4.83. The predicted molar refractivity (Wildman–Crippen MR) is 145 cm³/mol. The van der Waals surface area contributed by atoms with Gasteiger partial charge < -0.3 is 16.2 Å². The Morgan fingerprint density at radius 1 is 1.02 bits per heavy atom. The highest BCUT2D eigenvalue weighted by Crippen LogP contribution is 2.30. The van der Waals surface area contributed by atoms with Crippen LogP contribution in [-0.4, -0.2) is 31.7 Å². The van der Waals surface area contributed by atoms with Gasteiger partial charge in [-0.05, 0) is 66.9 Å². The summed E-state index contributed by atoms with van der Waals surface area (Å²) in [5.74, 6) is -3.79. The van der Waals surface area contributed by atoms with E-state index in [4.69, 9.17) is 5.73 Å². The third kappa shape index (κ3) is 5.88. The van der Waals surface area contributed by atoms with Crippen LogP contribution in [-0.2, 0) is 17.8 Å². The number of aromatic hydroxyl groups is 1. The van der Waals surface area contributed by atoms with Crippen molar-refractivity contribution >= 4 is 22.7 Å². The molecule has 2 aromatic heterocycles. The van der Waals surface area contributed by atoms with E-state index < -0.39 is 35.3 Å². The van der Waals surface area contributed by atoms with Crippen LogP contribution in [0.25, 0.3) is 22.0 Å². The lowest BCUT2D eigenvalue weighted by Gasteiger charge is -2.22. The van der Waals surface area contributed by atoms with E-state index in [0.717, 1.165) is 29.7 Å². The Hall–Kier alpha value is -5.19. The van der Waals surface area contributed by atoms with Crippen molar-refractivity contribution in [1.29, 1.82) is 0 Å². The van der Waals surface area contributed by atoms with E-state index in [-0.39, 0.29) is 29.8 Å². The van der Waals surface area contributed by atoms with Crippen molar-refractivity contribution in [3.05, 3.63) is 113 Å². The average Bonchev–Trinajstić information content (AvgIpc) is 3.21. The first kappa shape index (κ1) is 27.4. The number of amides is 2. The largest absolute Gasteiger partial charge is 0.508 e. The number of phenols is 1. The summed E-state index contributed by atoms with van der Waals surface area (Å²) in [6.45, 7) is 1.55. The second-order valence-corrected chi connectivity index (χ2v) is 9.54. The van der Waals surface area contributed by atoms with E-state index in [1.165, 1.54) is 35.1 Å². The molecule has 0 spiro atoms. The zero-order valence-corrected chi connectivity index (χ0v) is 21.7. The Kier molecular flexibility index (Phi) is 7.43. The molecule has 0 aliphatic rings. The number of nitrogens with one attached hydrogen (secondary N) is 1. The molecule has 0 unspecified atom stereocenters. The van der Waals surface area contributed by atoms with Crippen LogP contribution in [0.2, 0.25) is 0 Å². The number of primary amides is 1. The second kappa shape index (κ2) is 11.1. The maximum absolute atomic E-state index is 14.2. The van der Waals surface area contributed by atoms with Crippen LogP contribution < -0.4 is 11.1 Å². The molecular formula is C30H24F3N5O3. The van der Waals surface area contributed by atoms with E-state index in [1.54, 1.807) is 25.1 Å². The fourth-order valence-corrected chi connectivity index (χ4v) is 4.83. The highest BCUT2D eigenvalue weighted by Gasteiger charge is 2.23. The van der Waals surface area contributed by atoms with Crippen molar-refractivity contribution in [3.8, 4) is 16.9 Å². The van der Waals surface area contributed by atoms with Gasteiger partial charge in [-0.3, -0.25) is 19.3 Å². The van der Waals surface area contributed by atoms with Gasteiger partial charge in [0.1, 0.15) is 29.7 Å². The highest BCUT2D eigenvalue weighted by molar-refractivity contribution is 5.94. The lowest BCUT2D eigenvalue weighted by Crippen LogP contribution is -2.34. The molecule has 11 heteroatoms. The minimum absolute atomic E-state index is 0.0119. The average molecular weight is 560 g/mol.